The Labute approximate surface area is 120 Å². The molecule has 0 bridgehead atoms. The average Bonchev–Trinajstić information content (AvgIpc) is 2.44. The van der Waals surface area contributed by atoms with Crippen LogP contribution < -0.4 is 5.32 Å². The molecule has 2 aromatic rings. The Bertz CT molecular complexity index is 594. The summed E-state index contributed by atoms with van der Waals surface area (Å²) >= 11 is 0. The number of fused-ring (bicyclic) bond motifs is 1. The van der Waals surface area contributed by atoms with Gasteiger partial charge in [-0.2, -0.15) is 0 Å². The molecule has 106 valence electrons. The number of nitrogens with zero attached hydrogens (tertiary/aromatic N) is 1. The Hall–Kier alpha value is -1.45. The Morgan fingerprint density at radius 2 is 2.10 bits per heavy atom. The van der Waals surface area contributed by atoms with Gasteiger partial charge in [-0.05, 0) is 38.8 Å². The maximum atomic E-state index is 5.75. The van der Waals surface area contributed by atoms with Crippen LogP contribution in [0.3, 0.4) is 0 Å². The topological polar surface area (TPSA) is 34.2 Å². The fourth-order valence-electron chi connectivity index (χ4n) is 2.86. The van der Waals surface area contributed by atoms with Crippen molar-refractivity contribution in [3.8, 4) is 0 Å². The maximum absolute atomic E-state index is 5.75. The normalized spacial score (nSPS) is 22.0. The lowest BCUT2D eigenvalue weighted by atomic mass is 9.94. The molecular weight excluding hydrogens is 248 g/mol. The smallest absolute Gasteiger partial charge is 0.0705 e. The van der Waals surface area contributed by atoms with E-state index in [1.807, 2.05) is 12.1 Å². The number of ether oxygens (including phenoxy) is 1. The summed E-state index contributed by atoms with van der Waals surface area (Å²) in [6.45, 7) is 5.99. The van der Waals surface area contributed by atoms with Gasteiger partial charge in [-0.3, -0.25) is 4.98 Å². The molecule has 1 atom stereocenters. The second-order valence-electron chi connectivity index (χ2n) is 6.17. The minimum Gasteiger partial charge on any atom is -0.375 e. The highest BCUT2D eigenvalue weighted by Crippen LogP contribution is 2.24. The zero-order chi connectivity index (χ0) is 14.0. The summed E-state index contributed by atoms with van der Waals surface area (Å²) in [5, 5.41) is 4.81. The molecule has 0 aliphatic carbocycles. The van der Waals surface area contributed by atoms with Crippen molar-refractivity contribution in [2.24, 2.45) is 0 Å². The van der Waals surface area contributed by atoms with Crippen LogP contribution >= 0.6 is 0 Å². The van der Waals surface area contributed by atoms with Gasteiger partial charge in [0.25, 0.3) is 0 Å². The fraction of sp³-hybridized carbons (Fsp3) is 0.471. The van der Waals surface area contributed by atoms with Crippen LogP contribution in [-0.2, 0) is 11.3 Å². The first kappa shape index (κ1) is 13.5. The van der Waals surface area contributed by atoms with Crippen LogP contribution in [0.15, 0.2) is 36.4 Å². The standard InChI is InChI=1S/C17H22N2O/c1-17(2)11-14(9-10-20-17)18-12-15-8-7-13-5-3-4-6-16(13)19-15/h3-8,14,18H,9-12H2,1-2H3. The molecule has 0 amide bonds. The van der Waals surface area contributed by atoms with E-state index in [9.17, 15) is 0 Å². The second kappa shape index (κ2) is 5.51. The molecular formula is C17H22N2O. The highest BCUT2D eigenvalue weighted by Gasteiger charge is 2.28. The molecule has 3 heteroatoms. The van der Waals surface area contributed by atoms with Gasteiger partial charge in [-0.15, -0.1) is 0 Å². The average molecular weight is 270 g/mol. The van der Waals surface area contributed by atoms with E-state index in [-0.39, 0.29) is 5.60 Å². The predicted molar refractivity (Wildman–Crippen MR) is 81.6 cm³/mol. The number of hydrogen-bond acceptors (Lipinski definition) is 3. The number of aromatic nitrogens is 1. The Balaban J connectivity index is 1.65. The first-order valence-electron chi connectivity index (χ1n) is 7.34. The molecule has 1 N–H and O–H groups in total. The van der Waals surface area contributed by atoms with E-state index < -0.39 is 0 Å². The van der Waals surface area contributed by atoms with Crippen molar-refractivity contribution in [3.63, 3.8) is 0 Å². The van der Waals surface area contributed by atoms with Crippen LogP contribution in [-0.4, -0.2) is 23.2 Å². The molecule has 2 heterocycles. The zero-order valence-corrected chi connectivity index (χ0v) is 12.2. The van der Waals surface area contributed by atoms with Gasteiger partial charge in [0.2, 0.25) is 0 Å². The lowest BCUT2D eigenvalue weighted by molar-refractivity contribution is -0.0631. The van der Waals surface area contributed by atoms with Crippen LogP contribution in [0.4, 0.5) is 0 Å². The van der Waals surface area contributed by atoms with Crippen molar-refractivity contribution in [2.45, 2.75) is 44.9 Å². The number of rotatable bonds is 3. The van der Waals surface area contributed by atoms with Crippen molar-refractivity contribution in [1.29, 1.82) is 0 Å². The van der Waals surface area contributed by atoms with Gasteiger partial charge in [0.1, 0.15) is 0 Å². The minimum atomic E-state index is -0.00721. The lowest BCUT2D eigenvalue weighted by Crippen LogP contribution is -2.43. The van der Waals surface area contributed by atoms with Gasteiger partial charge in [-0.25, -0.2) is 0 Å². The molecule has 1 saturated heterocycles. The van der Waals surface area contributed by atoms with Gasteiger partial charge >= 0.3 is 0 Å². The third-order valence-corrected chi connectivity index (χ3v) is 3.93. The van der Waals surface area contributed by atoms with Crippen molar-refractivity contribution < 1.29 is 4.74 Å². The van der Waals surface area contributed by atoms with Crippen molar-refractivity contribution >= 4 is 10.9 Å². The van der Waals surface area contributed by atoms with Gasteiger partial charge in [0.05, 0.1) is 16.8 Å². The molecule has 0 saturated carbocycles. The predicted octanol–water partition coefficient (Wildman–Crippen LogP) is 3.28. The molecule has 1 unspecified atom stereocenters. The molecule has 3 nitrogen and oxygen atoms in total. The van der Waals surface area contributed by atoms with E-state index in [4.69, 9.17) is 9.72 Å². The SMILES string of the molecule is CC1(C)CC(NCc2ccc3ccccc3n2)CCO1. The summed E-state index contributed by atoms with van der Waals surface area (Å²) < 4.78 is 5.75. The number of hydrogen-bond donors (Lipinski definition) is 1. The third-order valence-electron chi connectivity index (χ3n) is 3.93. The molecule has 20 heavy (non-hydrogen) atoms. The van der Waals surface area contributed by atoms with Crippen LogP contribution in [0.25, 0.3) is 10.9 Å². The number of benzene rings is 1. The molecule has 3 rings (SSSR count). The van der Waals surface area contributed by atoms with Crippen molar-refractivity contribution in [2.75, 3.05) is 6.61 Å². The molecule has 1 aromatic heterocycles. The first-order chi connectivity index (χ1) is 9.62. The lowest BCUT2D eigenvalue weighted by Gasteiger charge is -2.35. The summed E-state index contributed by atoms with van der Waals surface area (Å²) in [6.07, 6.45) is 2.14. The summed E-state index contributed by atoms with van der Waals surface area (Å²) in [4.78, 5) is 4.70. The van der Waals surface area contributed by atoms with E-state index in [1.54, 1.807) is 0 Å². The number of para-hydroxylation sites is 1. The molecule has 0 spiro atoms. The van der Waals surface area contributed by atoms with E-state index >= 15 is 0 Å². The molecule has 0 radical (unpaired) electrons. The van der Waals surface area contributed by atoms with Crippen molar-refractivity contribution in [1.82, 2.24) is 10.3 Å². The van der Waals surface area contributed by atoms with Gasteiger partial charge in [0, 0.05) is 24.6 Å². The highest BCUT2D eigenvalue weighted by molar-refractivity contribution is 5.78. The van der Waals surface area contributed by atoms with E-state index in [0.717, 1.165) is 37.2 Å². The number of nitrogens with one attached hydrogen (secondary N) is 1. The Kier molecular flexibility index (Phi) is 3.72. The quantitative estimate of drug-likeness (QED) is 0.929. The Morgan fingerprint density at radius 1 is 1.25 bits per heavy atom. The van der Waals surface area contributed by atoms with Crippen molar-refractivity contribution in [3.05, 3.63) is 42.1 Å². The molecule has 1 aromatic carbocycles. The summed E-state index contributed by atoms with van der Waals surface area (Å²) in [6, 6.07) is 13.0. The molecule has 1 aliphatic heterocycles. The summed E-state index contributed by atoms with van der Waals surface area (Å²) in [5.41, 5.74) is 2.17. The van der Waals surface area contributed by atoms with Gasteiger partial charge < -0.3 is 10.1 Å². The van der Waals surface area contributed by atoms with Crippen LogP contribution in [0.2, 0.25) is 0 Å². The largest absolute Gasteiger partial charge is 0.375 e. The van der Waals surface area contributed by atoms with Crippen LogP contribution in [0.5, 0.6) is 0 Å². The summed E-state index contributed by atoms with van der Waals surface area (Å²) in [7, 11) is 0. The third kappa shape index (κ3) is 3.17. The zero-order valence-electron chi connectivity index (χ0n) is 12.2. The minimum absolute atomic E-state index is 0.00721. The monoisotopic (exact) mass is 270 g/mol. The van der Waals surface area contributed by atoms with Gasteiger partial charge in [-0.1, -0.05) is 24.3 Å². The van der Waals surface area contributed by atoms with E-state index in [0.29, 0.717) is 6.04 Å². The van der Waals surface area contributed by atoms with E-state index in [1.165, 1.54) is 5.39 Å². The van der Waals surface area contributed by atoms with Crippen LogP contribution in [0, 0.1) is 0 Å². The fourth-order valence-corrected chi connectivity index (χ4v) is 2.86. The maximum Gasteiger partial charge on any atom is 0.0705 e. The summed E-state index contributed by atoms with van der Waals surface area (Å²) in [5.74, 6) is 0. The molecule has 1 fully saturated rings. The highest BCUT2D eigenvalue weighted by atomic mass is 16.5. The second-order valence-corrected chi connectivity index (χ2v) is 6.17. The van der Waals surface area contributed by atoms with Gasteiger partial charge in [0.15, 0.2) is 0 Å². The first-order valence-corrected chi connectivity index (χ1v) is 7.34. The van der Waals surface area contributed by atoms with Crippen LogP contribution in [0.1, 0.15) is 32.4 Å². The van der Waals surface area contributed by atoms with E-state index in [2.05, 4.69) is 43.4 Å². The number of pyridine rings is 1. The Morgan fingerprint density at radius 3 is 2.95 bits per heavy atom. The molecule has 1 aliphatic rings.